The molecule has 4 rings (SSSR count). The molecule has 0 saturated carbocycles. The van der Waals surface area contributed by atoms with Crippen LogP contribution in [0.5, 0.6) is 5.75 Å². The number of carbonyl (C=O) groups is 1. The topological polar surface area (TPSA) is 66.9 Å². The predicted molar refractivity (Wildman–Crippen MR) is 115 cm³/mol. The number of carbonyl (C=O) groups excluding carboxylic acids is 1. The molecule has 2 aliphatic rings. The second-order valence-corrected chi connectivity index (χ2v) is 10.0. The van der Waals surface area contributed by atoms with Crippen LogP contribution in [0.3, 0.4) is 0 Å². The van der Waals surface area contributed by atoms with Gasteiger partial charge in [0.25, 0.3) is 5.91 Å². The summed E-state index contributed by atoms with van der Waals surface area (Å²) in [4.78, 5) is 15.3. The molecule has 0 aliphatic carbocycles. The molecule has 1 atom stereocenters. The average molecular weight is 449 g/mol. The second kappa shape index (κ2) is 8.57. The van der Waals surface area contributed by atoms with Crippen molar-refractivity contribution in [3.05, 3.63) is 58.6 Å². The van der Waals surface area contributed by atoms with Crippen molar-refractivity contribution in [3.63, 3.8) is 0 Å². The highest BCUT2D eigenvalue weighted by Crippen LogP contribution is 2.36. The fourth-order valence-corrected chi connectivity index (χ4v) is 6.01. The average Bonchev–Trinajstić information content (AvgIpc) is 3.46. The summed E-state index contributed by atoms with van der Waals surface area (Å²) in [6.45, 7) is 1.62. The Hall–Kier alpha value is -2.09. The molecule has 0 radical (unpaired) electrons. The number of hydrogen-bond donors (Lipinski definition) is 0. The highest BCUT2D eigenvalue weighted by atomic mass is 35.5. The van der Waals surface area contributed by atoms with Crippen molar-refractivity contribution in [1.29, 1.82) is 0 Å². The van der Waals surface area contributed by atoms with Gasteiger partial charge in [0.2, 0.25) is 10.0 Å². The molecule has 8 heteroatoms. The molecular formula is C22H25ClN2O4S. The van der Waals surface area contributed by atoms with E-state index in [4.69, 9.17) is 16.3 Å². The summed E-state index contributed by atoms with van der Waals surface area (Å²) in [7, 11) is -2.01. The first kappa shape index (κ1) is 21.2. The van der Waals surface area contributed by atoms with E-state index in [1.807, 2.05) is 24.3 Å². The van der Waals surface area contributed by atoms with E-state index in [2.05, 4.69) is 0 Å². The van der Waals surface area contributed by atoms with E-state index in [-0.39, 0.29) is 27.4 Å². The number of methoxy groups -OCH3 is 1. The van der Waals surface area contributed by atoms with E-state index >= 15 is 0 Å². The van der Waals surface area contributed by atoms with Crippen LogP contribution in [0.1, 0.15) is 47.6 Å². The van der Waals surface area contributed by atoms with Gasteiger partial charge in [0.1, 0.15) is 5.75 Å². The molecule has 0 spiro atoms. The Bertz CT molecular complexity index is 1050. The molecule has 1 unspecified atom stereocenters. The number of hydrogen-bond acceptors (Lipinski definition) is 4. The number of amides is 1. The van der Waals surface area contributed by atoms with Crippen LogP contribution in [0.2, 0.25) is 5.02 Å². The standard InChI is InChI=1S/C22H25ClN2O4S/c1-29-17-7-4-6-16(14-17)21-8-5-13-25(21)22(26)19-15-18(9-10-20(19)23)30(27,28)24-11-2-3-12-24/h4,6-7,9-10,14-15,21H,2-3,5,8,11-13H2,1H3. The lowest BCUT2D eigenvalue weighted by Gasteiger charge is -2.26. The summed E-state index contributed by atoms with van der Waals surface area (Å²) in [6, 6.07) is 12.0. The van der Waals surface area contributed by atoms with Crippen LogP contribution in [-0.4, -0.2) is 50.3 Å². The van der Waals surface area contributed by atoms with Crippen molar-refractivity contribution in [3.8, 4) is 5.75 Å². The van der Waals surface area contributed by atoms with Gasteiger partial charge in [-0.15, -0.1) is 0 Å². The third kappa shape index (κ3) is 3.94. The van der Waals surface area contributed by atoms with Crippen LogP contribution in [-0.2, 0) is 10.0 Å². The first-order valence-electron chi connectivity index (χ1n) is 10.2. The molecular weight excluding hydrogens is 424 g/mol. The molecule has 2 aliphatic heterocycles. The normalized spacial score (nSPS) is 19.9. The molecule has 6 nitrogen and oxygen atoms in total. The third-order valence-electron chi connectivity index (χ3n) is 5.86. The summed E-state index contributed by atoms with van der Waals surface area (Å²) < 4.78 is 32.7. The van der Waals surface area contributed by atoms with Crippen LogP contribution < -0.4 is 4.74 Å². The van der Waals surface area contributed by atoms with Crippen LogP contribution in [0.4, 0.5) is 0 Å². The molecule has 30 heavy (non-hydrogen) atoms. The summed E-state index contributed by atoms with van der Waals surface area (Å²) >= 11 is 6.34. The Morgan fingerprint density at radius 3 is 2.57 bits per heavy atom. The zero-order valence-electron chi connectivity index (χ0n) is 16.9. The van der Waals surface area contributed by atoms with E-state index in [0.29, 0.717) is 19.6 Å². The van der Waals surface area contributed by atoms with Gasteiger partial charge in [-0.05, 0) is 61.6 Å². The van der Waals surface area contributed by atoms with E-state index < -0.39 is 10.0 Å². The van der Waals surface area contributed by atoms with Crippen molar-refractivity contribution >= 4 is 27.5 Å². The molecule has 2 fully saturated rings. The van der Waals surface area contributed by atoms with E-state index in [1.165, 1.54) is 22.5 Å². The Morgan fingerprint density at radius 2 is 1.83 bits per heavy atom. The van der Waals surface area contributed by atoms with Crippen LogP contribution >= 0.6 is 11.6 Å². The zero-order chi connectivity index (χ0) is 21.3. The lowest BCUT2D eigenvalue weighted by atomic mass is 10.0. The molecule has 2 aromatic carbocycles. The minimum Gasteiger partial charge on any atom is -0.497 e. The van der Waals surface area contributed by atoms with Gasteiger partial charge in [0, 0.05) is 19.6 Å². The van der Waals surface area contributed by atoms with Gasteiger partial charge in [-0.3, -0.25) is 4.79 Å². The molecule has 160 valence electrons. The number of halogens is 1. The highest BCUT2D eigenvalue weighted by molar-refractivity contribution is 7.89. The Kier molecular flexibility index (Phi) is 6.04. The van der Waals surface area contributed by atoms with Gasteiger partial charge < -0.3 is 9.64 Å². The minimum absolute atomic E-state index is 0.0949. The van der Waals surface area contributed by atoms with Crippen molar-refractivity contribution in [2.45, 2.75) is 36.6 Å². The third-order valence-corrected chi connectivity index (χ3v) is 8.09. The number of likely N-dealkylation sites (tertiary alicyclic amines) is 1. The van der Waals surface area contributed by atoms with Crippen molar-refractivity contribution in [1.82, 2.24) is 9.21 Å². The first-order valence-corrected chi connectivity index (χ1v) is 12.0. The highest BCUT2D eigenvalue weighted by Gasteiger charge is 2.33. The lowest BCUT2D eigenvalue weighted by molar-refractivity contribution is 0.0735. The van der Waals surface area contributed by atoms with Crippen molar-refractivity contribution < 1.29 is 17.9 Å². The molecule has 0 aromatic heterocycles. The minimum atomic E-state index is -3.62. The number of ether oxygens (including phenoxy) is 1. The molecule has 2 saturated heterocycles. The monoisotopic (exact) mass is 448 g/mol. The SMILES string of the molecule is COc1cccc(C2CCCN2C(=O)c2cc(S(=O)(=O)N3CCCC3)ccc2Cl)c1. The number of nitrogens with zero attached hydrogens (tertiary/aromatic N) is 2. The smallest absolute Gasteiger partial charge is 0.255 e. The number of sulfonamides is 1. The maximum Gasteiger partial charge on any atom is 0.255 e. The maximum atomic E-state index is 13.4. The van der Waals surface area contributed by atoms with E-state index in [9.17, 15) is 13.2 Å². The van der Waals surface area contributed by atoms with Gasteiger partial charge in [-0.1, -0.05) is 23.7 Å². The van der Waals surface area contributed by atoms with Crippen LogP contribution in [0, 0.1) is 0 Å². The Labute approximate surface area is 182 Å². The van der Waals surface area contributed by atoms with Crippen LogP contribution in [0.25, 0.3) is 0 Å². The lowest BCUT2D eigenvalue weighted by Crippen LogP contribution is -2.31. The summed E-state index contributed by atoms with van der Waals surface area (Å²) in [5.41, 5.74) is 1.23. The van der Waals surface area contributed by atoms with Crippen LogP contribution in [0.15, 0.2) is 47.4 Å². The fraction of sp³-hybridized carbons (Fsp3) is 0.409. The predicted octanol–water partition coefficient (Wildman–Crippen LogP) is 4.11. The van der Waals surface area contributed by atoms with Crippen molar-refractivity contribution in [2.75, 3.05) is 26.7 Å². The number of benzene rings is 2. The molecule has 0 bridgehead atoms. The van der Waals surface area contributed by atoms with Gasteiger partial charge in [0.15, 0.2) is 0 Å². The summed E-state index contributed by atoms with van der Waals surface area (Å²) in [5.74, 6) is 0.493. The van der Waals surface area contributed by atoms with Gasteiger partial charge >= 0.3 is 0 Å². The molecule has 2 heterocycles. The van der Waals surface area contributed by atoms with Crippen molar-refractivity contribution in [2.24, 2.45) is 0 Å². The van der Waals surface area contributed by atoms with Gasteiger partial charge in [-0.25, -0.2) is 8.42 Å². The summed E-state index contributed by atoms with van der Waals surface area (Å²) in [5, 5.41) is 0.261. The first-order chi connectivity index (χ1) is 14.4. The summed E-state index contributed by atoms with van der Waals surface area (Å²) in [6.07, 6.45) is 3.42. The zero-order valence-corrected chi connectivity index (χ0v) is 18.5. The Balaban J connectivity index is 1.65. The maximum absolute atomic E-state index is 13.4. The van der Waals surface area contributed by atoms with E-state index in [1.54, 1.807) is 12.0 Å². The van der Waals surface area contributed by atoms with Gasteiger partial charge in [-0.2, -0.15) is 4.31 Å². The van der Waals surface area contributed by atoms with Gasteiger partial charge in [0.05, 0.1) is 28.6 Å². The largest absolute Gasteiger partial charge is 0.497 e. The molecule has 1 amide bonds. The molecule has 0 N–H and O–H groups in total. The number of rotatable bonds is 5. The Morgan fingerprint density at radius 1 is 1.07 bits per heavy atom. The fourth-order valence-electron chi connectivity index (χ4n) is 4.27. The quantitative estimate of drug-likeness (QED) is 0.690. The van der Waals surface area contributed by atoms with E-state index in [0.717, 1.165) is 37.0 Å². The molecule has 2 aromatic rings. The second-order valence-electron chi connectivity index (χ2n) is 7.69.